The second kappa shape index (κ2) is 8.93. The van der Waals surface area contributed by atoms with E-state index < -0.39 is 11.7 Å². The van der Waals surface area contributed by atoms with E-state index in [0.29, 0.717) is 24.8 Å². The highest BCUT2D eigenvalue weighted by Crippen LogP contribution is 2.34. The summed E-state index contributed by atoms with van der Waals surface area (Å²) >= 11 is 0. The van der Waals surface area contributed by atoms with Crippen LogP contribution in [0.4, 0.5) is 4.79 Å². The van der Waals surface area contributed by atoms with E-state index in [4.69, 9.17) is 14.5 Å². The van der Waals surface area contributed by atoms with Crippen molar-refractivity contribution in [2.75, 3.05) is 13.1 Å². The fourth-order valence-electron chi connectivity index (χ4n) is 3.36. The zero-order chi connectivity index (χ0) is 19.3. The third-order valence-corrected chi connectivity index (χ3v) is 4.73. The van der Waals surface area contributed by atoms with Crippen molar-refractivity contribution in [1.29, 1.82) is 0 Å². The molecule has 2 aliphatic rings. The number of hydrogen-bond donors (Lipinski definition) is 3. The molecule has 2 aliphatic heterocycles. The molecule has 26 heavy (non-hydrogen) atoms. The van der Waals surface area contributed by atoms with Gasteiger partial charge in [-0.25, -0.2) is 4.79 Å². The number of hydrogen-bond acceptors (Lipinski definition) is 4. The van der Waals surface area contributed by atoms with Crippen LogP contribution in [0.2, 0.25) is 0 Å². The van der Waals surface area contributed by atoms with Crippen LogP contribution in [0.25, 0.3) is 0 Å². The van der Waals surface area contributed by atoms with Crippen molar-refractivity contribution in [2.24, 2.45) is 10.9 Å². The maximum absolute atomic E-state index is 12.1. The first-order valence-corrected chi connectivity index (χ1v) is 9.87. The molecule has 2 rings (SSSR count). The van der Waals surface area contributed by atoms with E-state index in [2.05, 4.69) is 29.8 Å². The first-order valence-electron chi connectivity index (χ1n) is 9.87. The van der Waals surface area contributed by atoms with Crippen LogP contribution >= 0.6 is 0 Å². The van der Waals surface area contributed by atoms with Gasteiger partial charge < -0.3 is 25.4 Å². The fourth-order valence-corrected chi connectivity index (χ4v) is 3.36. The SMILES string of the molecule is CCNC(=NCC(NC(=O)OC(C)(C)C)C(C)C)NC1CC2CCC1O2. The van der Waals surface area contributed by atoms with Gasteiger partial charge in [0.05, 0.1) is 30.8 Å². The highest BCUT2D eigenvalue weighted by molar-refractivity contribution is 5.80. The third kappa shape index (κ3) is 6.34. The smallest absolute Gasteiger partial charge is 0.407 e. The molecule has 0 aliphatic carbocycles. The molecule has 7 nitrogen and oxygen atoms in total. The molecule has 1 amide bonds. The number of aliphatic imine (C=N–C) groups is 1. The highest BCUT2D eigenvalue weighted by Gasteiger charge is 2.41. The van der Waals surface area contributed by atoms with Crippen molar-refractivity contribution in [3.05, 3.63) is 0 Å². The van der Waals surface area contributed by atoms with E-state index >= 15 is 0 Å². The maximum atomic E-state index is 12.1. The van der Waals surface area contributed by atoms with Crippen LogP contribution in [0, 0.1) is 5.92 Å². The number of guanidine groups is 1. The zero-order valence-electron chi connectivity index (χ0n) is 17.1. The van der Waals surface area contributed by atoms with Crippen molar-refractivity contribution < 1.29 is 14.3 Å². The van der Waals surface area contributed by atoms with Crippen molar-refractivity contribution in [1.82, 2.24) is 16.0 Å². The molecule has 2 fully saturated rings. The normalized spacial score (nSPS) is 26.7. The summed E-state index contributed by atoms with van der Waals surface area (Å²) in [5.74, 6) is 1.03. The van der Waals surface area contributed by atoms with Gasteiger partial charge in [-0.3, -0.25) is 4.99 Å². The summed E-state index contributed by atoms with van der Waals surface area (Å²) in [6.45, 7) is 13.1. The Labute approximate surface area is 157 Å². The number of fused-ring (bicyclic) bond motifs is 2. The van der Waals surface area contributed by atoms with Gasteiger partial charge in [0.15, 0.2) is 5.96 Å². The van der Waals surface area contributed by atoms with Crippen LogP contribution in [0.3, 0.4) is 0 Å². The number of ether oxygens (including phenoxy) is 2. The summed E-state index contributed by atoms with van der Waals surface area (Å²) in [5.41, 5.74) is -0.507. The molecule has 4 atom stereocenters. The van der Waals surface area contributed by atoms with Crippen molar-refractivity contribution in [3.8, 4) is 0 Å². The van der Waals surface area contributed by atoms with Crippen LogP contribution in [0.1, 0.15) is 60.8 Å². The van der Waals surface area contributed by atoms with Crippen LogP contribution in [0.15, 0.2) is 4.99 Å². The minimum absolute atomic E-state index is 0.0865. The average Bonchev–Trinajstić information content (AvgIpc) is 3.12. The fraction of sp³-hybridized carbons (Fsp3) is 0.895. The molecule has 7 heteroatoms. The molecule has 2 bridgehead atoms. The average molecular weight is 369 g/mol. The zero-order valence-corrected chi connectivity index (χ0v) is 17.1. The van der Waals surface area contributed by atoms with E-state index in [-0.39, 0.29) is 12.0 Å². The van der Waals surface area contributed by atoms with Gasteiger partial charge >= 0.3 is 6.09 Å². The standard InChI is InChI=1S/C19H36N4O3/c1-7-20-17(22-14-10-13-8-9-16(14)25-13)21-11-15(12(2)3)23-18(24)26-19(4,5)6/h12-16H,7-11H2,1-6H3,(H,23,24)(H2,20,21,22). The molecule has 0 aromatic carbocycles. The Balaban J connectivity index is 1.92. The Hall–Kier alpha value is -1.50. The Morgan fingerprint density at radius 3 is 2.54 bits per heavy atom. The summed E-state index contributed by atoms with van der Waals surface area (Å²) in [6, 6.07) is 0.236. The van der Waals surface area contributed by atoms with Gasteiger partial charge in [-0.15, -0.1) is 0 Å². The number of rotatable bonds is 6. The van der Waals surface area contributed by atoms with Crippen molar-refractivity contribution in [3.63, 3.8) is 0 Å². The Kier molecular flexibility index (Phi) is 7.15. The lowest BCUT2D eigenvalue weighted by Gasteiger charge is -2.26. The Morgan fingerprint density at radius 1 is 1.31 bits per heavy atom. The molecule has 4 unspecified atom stereocenters. The van der Waals surface area contributed by atoms with E-state index in [9.17, 15) is 4.79 Å². The van der Waals surface area contributed by atoms with Gasteiger partial charge in [0.25, 0.3) is 0 Å². The van der Waals surface area contributed by atoms with Gasteiger partial charge in [-0.1, -0.05) is 13.8 Å². The summed E-state index contributed by atoms with van der Waals surface area (Å²) in [7, 11) is 0. The minimum Gasteiger partial charge on any atom is -0.444 e. The number of carbonyl (C=O) groups excluding carboxylic acids is 1. The number of nitrogens with zero attached hydrogens (tertiary/aromatic N) is 1. The number of nitrogens with one attached hydrogen (secondary N) is 3. The van der Waals surface area contributed by atoms with Crippen LogP contribution in [-0.2, 0) is 9.47 Å². The summed E-state index contributed by atoms with van der Waals surface area (Å²) in [5, 5.41) is 9.74. The molecule has 0 aromatic rings. The lowest BCUT2D eigenvalue weighted by Crippen LogP contribution is -2.48. The molecule has 150 valence electrons. The molecule has 0 radical (unpaired) electrons. The molecule has 2 heterocycles. The van der Waals surface area contributed by atoms with Crippen molar-refractivity contribution in [2.45, 2.75) is 90.7 Å². The topological polar surface area (TPSA) is 84.0 Å². The Bertz CT molecular complexity index is 502. The highest BCUT2D eigenvalue weighted by atomic mass is 16.6. The number of amides is 1. The van der Waals surface area contributed by atoms with Crippen LogP contribution in [0.5, 0.6) is 0 Å². The first kappa shape index (κ1) is 20.8. The predicted molar refractivity (Wildman–Crippen MR) is 103 cm³/mol. The lowest BCUT2D eigenvalue weighted by atomic mass is 9.96. The lowest BCUT2D eigenvalue weighted by molar-refractivity contribution is 0.0493. The Morgan fingerprint density at radius 2 is 2.04 bits per heavy atom. The molecule has 3 N–H and O–H groups in total. The van der Waals surface area contributed by atoms with Gasteiger partial charge in [0.1, 0.15) is 5.60 Å². The molecule has 2 saturated heterocycles. The van der Waals surface area contributed by atoms with Gasteiger partial charge in [-0.05, 0) is 52.9 Å². The second-order valence-corrected chi connectivity index (χ2v) is 8.58. The molecular formula is C19H36N4O3. The second-order valence-electron chi connectivity index (χ2n) is 8.58. The third-order valence-electron chi connectivity index (χ3n) is 4.73. The van der Waals surface area contributed by atoms with Crippen molar-refractivity contribution >= 4 is 12.1 Å². The quantitative estimate of drug-likeness (QED) is 0.495. The van der Waals surface area contributed by atoms with Crippen LogP contribution < -0.4 is 16.0 Å². The first-order chi connectivity index (χ1) is 12.2. The monoisotopic (exact) mass is 368 g/mol. The predicted octanol–water partition coefficient (Wildman–Crippen LogP) is 2.41. The molecule has 0 saturated carbocycles. The number of alkyl carbamates (subject to hydrolysis) is 1. The van der Waals surface area contributed by atoms with Gasteiger partial charge in [0, 0.05) is 6.54 Å². The summed E-state index contributed by atoms with van der Waals surface area (Å²) in [6.07, 6.45) is 3.63. The van der Waals surface area contributed by atoms with E-state index in [1.54, 1.807) is 0 Å². The van der Waals surface area contributed by atoms with E-state index in [1.165, 1.54) is 6.42 Å². The summed E-state index contributed by atoms with van der Waals surface area (Å²) in [4.78, 5) is 16.8. The number of carbonyl (C=O) groups is 1. The van der Waals surface area contributed by atoms with E-state index in [1.807, 2.05) is 27.7 Å². The maximum Gasteiger partial charge on any atom is 0.407 e. The van der Waals surface area contributed by atoms with E-state index in [0.717, 1.165) is 25.3 Å². The van der Waals surface area contributed by atoms with Gasteiger partial charge in [0.2, 0.25) is 0 Å². The molecular weight excluding hydrogens is 332 g/mol. The molecule has 0 spiro atoms. The largest absolute Gasteiger partial charge is 0.444 e. The summed E-state index contributed by atoms with van der Waals surface area (Å²) < 4.78 is 11.3. The van der Waals surface area contributed by atoms with Gasteiger partial charge in [-0.2, -0.15) is 0 Å². The molecule has 0 aromatic heterocycles. The van der Waals surface area contributed by atoms with Crippen LogP contribution in [-0.4, -0.2) is 55.0 Å². The minimum atomic E-state index is -0.507.